The number of benzene rings is 3. The van der Waals surface area contributed by atoms with Crippen LogP contribution in [0.1, 0.15) is 42.4 Å². The Labute approximate surface area is 218 Å². The number of anilines is 1. The van der Waals surface area contributed by atoms with Crippen molar-refractivity contribution in [1.82, 2.24) is 0 Å². The Morgan fingerprint density at radius 3 is 2.19 bits per heavy atom. The molecule has 1 saturated carbocycles. The minimum atomic E-state index is 0.676. The van der Waals surface area contributed by atoms with Crippen LogP contribution < -0.4 is 23.7 Å². The second-order valence-corrected chi connectivity index (χ2v) is 9.78. The highest BCUT2D eigenvalue weighted by Gasteiger charge is 2.19. The van der Waals surface area contributed by atoms with Crippen LogP contribution in [0.3, 0.4) is 0 Å². The van der Waals surface area contributed by atoms with Crippen molar-refractivity contribution in [2.24, 2.45) is 5.92 Å². The van der Waals surface area contributed by atoms with E-state index in [0.29, 0.717) is 11.5 Å². The van der Waals surface area contributed by atoms with Crippen LogP contribution in [0.15, 0.2) is 59.5 Å². The summed E-state index contributed by atoms with van der Waals surface area (Å²) in [6.07, 6.45) is 10.4. The van der Waals surface area contributed by atoms with E-state index < -0.39 is 0 Å². The van der Waals surface area contributed by atoms with E-state index in [-0.39, 0.29) is 0 Å². The Morgan fingerprint density at radius 1 is 0.833 bits per heavy atom. The summed E-state index contributed by atoms with van der Waals surface area (Å²) in [7, 11) is 6.71. The summed E-state index contributed by atoms with van der Waals surface area (Å²) >= 11 is 1.56. The van der Waals surface area contributed by atoms with Crippen molar-refractivity contribution in [2.45, 2.75) is 37.0 Å². The standard InChI is InChI=1S/C30H35NO4S/c1-32-27-19-23(26(20-28(27)33-2)31-36-25-11-6-5-7-12-25)15-14-22-17-24(16-13-21-9-8-10-21)30(35-4)29(18-22)34-3/h5-7,11-12,14-15,17-21,31H,8-10,13,16H2,1-4H3/b15-14-. The van der Waals surface area contributed by atoms with Crippen LogP contribution in [0.4, 0.5) is 5.69 Å². The summed E-state index contributed by atoms with van der Waals surface area (Å²) in [4.78, 5) is 1.12. The average molecular weight is 506 g/mol. The van der Waals surface area contributed by atoms with E-state index in [1.807, 2.05) is 36.4 Å². The van der Waals surface area contributed by atoms with Crippen molar-refractivity contribution >= 4 is 29.8 Å². The summed E-state index contributed by atoms with van der Waals surface area (Å²) in [5.74, 6) is 3.79. The number of aryl methyl sites for hydroxylation is 1. The molecule has 1 aliphatic carbocycles. The van der Waals surface area contributed by atoms with E-state index in [0.717, 1.165) is 45.5 Å². The first kappa shape index (κ1) is 25.8. The molecule has 1 aliphatic rings. The third-order valence-corrected chi connectivity index (χ3v) is 7.49. The number of hydrogen-bond acceptors (Lipinski definition) is 6. The first-order valence-corrected chi connectivity index (χ1v) is 13.1. The van der Waals surface area contributed by atoms with Gasteiger partial charge in [0.05, 0.1) is 34.1 Å². The van der Waals surface area contributed by atoms with Gasteiger partial charge in [-0.1, -0.05) is 49.6 Å². The normalized spacial score (nSPS) is 13.3. The van der Waals surface area contributed by atoms with Crippen LogP contribution in [0.2, 0.25) is 0 Å². The van der Waals surface area contributed by atoms with Gasteiger partial charge < -0.3 is 23.7 Å². The van der Waals surface area contributed by atoms with Crippen LogP contribution >= 0.6 is 11.9 Å². The van der Waals surface area contributed by atoms with Crippen LogP contribution in [0, 0.1) is 5.92 Å². The average Bonchev–Trinajstić information content (AvgIpc) is 2.89. The number of methoxy groups -OCH3 is 4. The van der Waals surface area contributed by atoms with E-state index >= 15 is 0 Å². The van der Waals surface area contributed by atoms with Gasteiger partial charge in [0.25, 0.3) is 0 Å². The molecule has 36 heavy (non-hydrogen) atoms. The summed E-state index contributed by atoms with van der Waals surface area (Å²) in [5.41, 5.74) is 4.17. The number of hydrogen-bond donors (Lipinski definition) is 1. The maximum absolute atomic E-state index is 5.73. The molecule has 1 fully saturated rings. The first-order valence-electron chi connectivity index (χ1n) is 12.3. The maximum Gasteiger partial charge on any atom is 0.163 e. The third kappa shape index (κ3) is 6.30. The zero-order valence-electron chi connectivity index (χ0n) is 21.5. The van der Waals surface area contributed by atoms with Gasteiger partial charge in [-0.3, -0.25) is 0 Å². The minimum absolute atomic E-state index is 0.676. The lowest BCUT2D eigenvalue weighted by molar-refractivity contribution is 0.293. The van der Waals surface area contributed by atoms with Gasteiger partial charge in [0, 0.05) is 16.5 Å². The molecule has 1 N–H and O–H groups in total. The fourth-order valence-corrected chi connectivity index (χ4v) is 5.10. The van der Waals surface area contributed by atoms with Crippen LogP contribution in [-0.4, -0.2) is 28.4 Å². The van der Waals surface area contributed by atoms with Crippen molar-refractivity contribution in [3.05, 3.63) is 71.3 Å². The number of rotatable bonds is 12. The van der Waals surface area contributed by atoms with Crippen molar-refractivity contribution in [1.29, 1.82) is 0 Å². The highest BCUT2D eigenvalue weighted by Crippen LogP contribution is 2.39. The molecule has 3 aromatic rings. The third-order valence-electron chi connectivity index (χ3n) is 6.66. The predicted octanol–water partition coefficient (Wildman–Crippen LogP) is 7.74. The predicted molar refractivity (Wildman–Crippen MR) is 150 cm³/mol. The Hall–Kier alpha value is -3.25. The molecule has 0 aliphatic heterocycles. The largest absolute Gasteiger partial charge is 0.493 e. The van der Waals surface area contributed by atoms with Gasteiger partial charge in [-0.25, -0.2) is 0 Å². The van der Waals surface area contributed by atoms with Gasteiger partial charge >= 0.3 is 0 Å². The van der Waals surface area contributed by atoms with E-state index in [1.54, 1.807) is 40.4 Å². The lowest BCUT2D eigenvalue weighted by Gasteiger charge is -2.25. The number of ether oxygens (including phenoxy) is 4. The van der Waals surface area contributed by atoms with E-state index in [9.17, 15) is 0 Å². The Morgan fingerprint density at radius 2 is 1.56 bits per heavy atom. The molecule has 4 rings (SSSR count). The molecule has 190 valence electrons. The highest BCUT2D eigenvalue weighted by molar-refractivity contribution is 8.00. The molecule has 0 spiro atoms. The van der Waals surface area contributed by atoms with Crippen molar-refractivity contribution in [2.75, 3.05) is 33.2 Å². The lowest BCUT2D eigenvalue weighted by atomic mass is 9.81. The molecule has 5 nitrogen and oxygen atoms in total. The van der Waals surface area contributed by atoms with Gasteiger partial charge in [0.1, 0.15) is 0 Å². The molecule has 6 heteroatoms. The molecule has 0 saturated heterocycles. The first-order chi connectivity index (χ1) is 17.6. The monoisotopic (exact) mass is 505 g/mol. The van der Waals surface area contributed by atoms with Crippen molar-refractivity contribution in [3.63, 3.8) is 0 Å². The fraction of sp³-hybridized carbons (Fsp3) is 0.333. The van der Waals surface area contributed by atoms with Crippen LogP contribution in [0.25, 0.3) is 12.2 Å². The highest BCUT2D eigenvalue weighted by atomic mass is 32.2. The summed E-state index contributed by atoms with van der Waals surface area (Å²) in [6.45, 7) is 0. The van der Waals surface area contributed by atoms with Gasteiger partial charge in [0.2, 0.25) is 0 Å². The molecule has 0 unspecified atom stereocenters. The van der Waals surface area contributed by atoms with E-state index in [2.05, 4.69) is 35.1 Å². The van der Waals surface area contributed by atoms with Gasteiger partial charge in [-0.15, -0.1) is 0 Å². The van der Waals surface area contributed by atoms with Crippen molar-refractivity contribution < 1.29 is 18.9 Å². The lowest BCUT2D eigenvalue weighted by Crippen LogP contribution is -2.12. The van der Waals surface area contributed by atoms with Crippen LogP contribution in [0.5, 0.6) is 23.0 Å². The Kier molecular flexibility index (Phi) is 9.06. The van der Waals surface area contributed by atoms with Gasteiger partial charge in [-0.05, 0) is 72.2 Å². The molecule has 0 atom stereocenters. The molecular formula is C30H35NO4S. The molecule has 0 bridgehead atoms. The summed E-state index contributed by atoms with van der Waals surface area (Å²) < 4.78 is 26.0. The van der Waals surface area contributed by atoms with E-state index in [1.165, 1.54) is 31.2 Å². The van der Waals surface area contributed by atoms with E-state index in [4.69, 9.17) is 18.9 Å². The molecule has 0 aromatic heterocycles. The molecule has 3 aromatic carbocycles. The quantitative estimate of drug-likeness (QED) is 0.201. The summed E-state index contributed by atoms with van der Waals surface area (Å²) in [6, 6.07) is 18.4. The zero-order chi connectivity index (χ0) is 25.3. The topological polar surface area (TPSA) is 49.0 Å². The second-order valence-electron chi connectivity index (χ2n) is 8.90. The van der Waals surface area contributed by atoms with Crippen LogP contribution in [-0.2, 0) is 6.42 Å². The molecule has 0 amide bonds. The number of nitrogens with one attached hydrogen (secondary N) is 1. The Balaban J connectivity index is 1.63. The second kappa shape index (κ2) is 12.6. The molecule has 0 radical (unpaired) electrons. The van der Waals surface area contributed by atoms with Crippen molar-refractivity contribution in [3.8, 4) is 23.0 Å². The minimum Gasteiger partial charge on any atom is -0.493 e. The zero-order valence-corrected chi connectivity index (χ0v) is 22.3. The Bertz CT molecular complexity index is 1180. The smallest absolute Gasteiger partial charge is 0.163 e. The SMILES string of the molecule is COc1cc(/C=C\c2cc(CCC3CCC3)c(OC)c(OC)c2)c(NSc2ccccc2)cc1OC. The molecule has 0 heterocycles. The molecular weight excluding hydrogens is 470 g/mol. The van der Waals surface area contributed by atoms with Gasteiger partial charge in [0.15, 0.2) is 23.0 Å². The maximum atomic E-state index is 5.73. The van der Waals surface area contributed by atoms with Gasteiger partial charge in [-0.2, -0.15) is 0 Å². The summed E-state index contributed by atoms with van der Waals surface area (Å²) in [5, 5.41) is 0. The fourth-order valence-electron chi connectivity index (χ4n) is 4.40.